The molecule has 1 saturated heterocycles. The Labute approximate surface area is 185 Å². The second kappa shape index (κ2) is 8.55. The number of hydrogen-bond donors (Lipinski definition) is 0. The zero-order valence-electron chi connectivity index (χ0n) is 17.1. The lowest BCUT2D eigenvalue weighted by molar-refractivity contribution is -0.228. The Bertz CT molecular complexity index is 1160. The Hall–Kier alpha value is -2.92. The molecule has 12 heteroatoms. The van der Waals surface area contributed by atoms with E-state index in [9.17, 15) is 18.0 Å². The van der Waals surface area contributed by atoms with Gasteiger partial charge < -0.3 is 14.2 Å². The van der Waals surface area contributed by atoms with Crippen molar-refractivity contribution in [3.63, 3.8) is 0 Å². The summed E-state index contributed by atoms with van der Waals surface area (Å²) in [6, 6.07) is 4.77. The van der Waals surface area contributed by atoms with E-state index in [4.69, 9.17) is 20.9 Å². The molecule has 0 saturated carbocycles. The Kier molecular flexibility index (Phi) is 5.95. The molecule has 0 bridgehead atoms. The lowest BCUT2D eigenvalue weighted by Gasteiger charge is -2.41. The Balaban J connectivity index is 1.45. The predicted octanol–water partition coefficient (Wildman–Crippen LogP) is 3.46. The van der Waals surface area contributed by atoms with Gasteiger partial charge in [0.15, 0.2) is 6.10 Å². The highest BCUT2D eigenvalue weighted by molar-refractivity contribution is 6.29. The summed E-state index contributed by atoms with van der Waals surface area (Å²) in [5.74, 6) is 0.536. The van der Waals surface area contributed by atoms with Gasteiger partial charge in [-0.25, -0.2) is 9.67 Å². The van der Waals surface area contributed by atoms with Crippen LogP contribution in [-0.4, -0.2) is 51.4 Å². The second-order valence-electron chi connectivity index (χ2n) is 7.49. The summed E-state index contributed by atoms with van der Waals surface area (Å²) in [6.07, 6.45) is -3.73. The highest BCUT2D eigenvalue weighted by atomic mass is 35.5. The number of nitrogens with zero attached hydrogens (tertiary/aromatic N) is 5. The van der Waals surface area contributed by atoms with E-state index in [2.05, 4.69) is 15.2 Å². The van der Waals surface area contributed by atoms with E-state index in [1.807, 2.05) is 0 Å². The Morgan fingerprint density at radius 2 is 2.06 bits per heavy atom. The standard InChI is InChI=1S/C20H19ClF3N5O3/c1-11-16(19(27-32-11)13-3-4-17(21)25-6-13)10-29-18(30)5-14(7-26-29)28-8-15(9-28)31-12(2)20(22,23)24/h3-7,12,15H,8-10H2,1-2H3/t12-/m1/s1. The van der Waals surface area contributed by atoms with E-state index in [1.165, 1.54) is 16.9 Å². The van der Waals surface area contributed by atoms with Crippen LogP contribution < -0.4 is 10.5 Å². The number of anilines is 1. The Morgan fingerprint density at radius 1 is 1.31 bits per heavy atom. The smallest absolute Gasteiger partial charge is 0.365 e. The van der Waals surface area contributed by atoms with E-state index < -0.39 is 18.4 Å². The van der Waals surface area contributed by atoms with Crippen LogP contribution in [0.1, 0.15) is 18.2 Å². The number of alkyl halides is 3. The summed E-state index contributed by atoms with van der Waals surface area (Å²) in [6.45, 7) is 3.35. The minimum atomic E-state index is -4.40. The van der Waals surface area contributed by atoms with Gasteiger partial charge in [0.2, 0.25) is 0 Å². The minimum absolute atomic E-state index is 0.126. The minimum Gasteiger partial charge on any atom is -0.365 e. The van der Waals surface area contributed by atoms with Crippen molar-refractivity contribution in [2.24, 2.45) is 0 Å². The van der Waals surface area contributed by atoms with Gasteiger partial charge in [0.05, 0.1) is 24.5 Å². The van der Waals surface area contributed by atoms with E-state index in [0.717, 1.165) is 6.92 Å². The van der Waals surface area contributed by atoms with Crippen LogP contribution >= 0.6 is 11.6 Å². The van der Waals surface area contributed by atoms with E-state index >= 15 is 0 Å². The first-order valence-corrected chi connectivity index (χ1v) is 10.1. The number of rotatable bonds is 6. The number of ether oxygens (including phenoxy) is 1. The van der Waals surface area contributed by atoms with E-state index in [-0.39, 0.29) is 25.2 Å². The monoisotopic (exact) mass is 469 g/mol. The van der Waals surface area contributed by atoms with Crippen molar-refractivity contribution in [2.75, 3.05) is 18.0 Å². The van der Waals surface area contributed by atoms with Gasteiger partial charge in [-0.3, -0.25) is 4.79 Å². The Morgan fingerprint density at radius 3 is 2.69 bits per heavy atom. The molecule has 170 valence electrons. The molecule has 3 aromatic heterocycles. The molecule has 1 fully saturated rings. The topological polar surface area (TPSA) is 86.3 Å². The van der Waals surface area contributed by atoms with Crippen molar-refractivity contribution < 1.29 is 22.4 Å². The van der Waals surface area contributed by atoms with Gasteiger partial charge >= 0.3 is 6.18 Å². The van der Waals surface area contributed by atoms with Crippen molar-refractivity contribution in [3.05, 3.63) is 57.4 Å². The van der Waals surface area contributed by atoms with Gasteiger partial charge in [-0.05, 0) is 26.0 Å². The third kappa shape index (κ3) is 4.63. The predicted molar refractivity (Wildman–Crippen MR) is 110 cm³/mol. The van der Waals surface area contributed by atoms with Gasteiger partial charge in [-0.2, -0.15) is 18.3 Å². The van der Waals surface area contributed by atoms with Crippen LogP contribution in [0.2, 0.25) is 5.15 Å². The van der Waals surface area contributed by atoms with Crippen LogP contribution in [0.4, 0.5) is 18.9 Å². The fourth-order valence-electron chi connectivity index (χ4n) is 3.29. The number of hydrogen-bond acceptors (Lipinski definition) is 7. The third-order valence-electron chi connectivity index (χ3n) is 5.22. The SMILES string of the molecule is Cc1onc(-c2ccc(Cl)nc2)c1Cn1ncc(N2CC(O[C@H](C)C(F)(F)F)C2)cc1=O. The van der Waals surface area contributed by atoms with E-state index in [0.29, 0.717) is 33.4 Å². The van der Waals surface area contributed by atoms with Crippen molar-refractivity contribution in [1.29, 1.82) is 0 Å². The first-order valence-electron chi connectivity index (χ1n) is 9.73. The molecule has 0 aromatic carbocycles. The van der Waals surface area contributed by atoms with Gasteiger partial charge in [-0.1, -0.05) is 16.8 Å². The molecule has 0 amide bonds. The molecular formula is C20H19ClF3N5O3. The zero-order chi connectivity index (χ0) is 23.0. The number of aryl methyl sites for hydroxylation is 1. The molecule has 8 nitrogen and oxygen atoms in total. The molecule has 1 aliphatic heterocycles. The van der Waals surface area contributed by atoms with Crippen LogP contribution in [-0.2, 0) is 11.3 Å². The number of aromatic nitrogens is 4. The molecule has 0 radical (unpaired) electrons. The maximum atomic E-state index is 12.6. The maximum absolute atomic E-state index is 12.6. The molecule has 0 spiro atoms. The highest BCUT2D eigenvalue weighted by Crippen LogP contribution is 2.28. The van der Waals surface area contributed by atoms with Crippen molar-refractivity contribution in [1.82, 2.24) is 19.9 Å². The quantitative estimate of drug-likeness (QED) is 0.511. The van der Waals surface area contributed by atoms with Crippen LogP contribution in [0.3, 0.4) is 0 Å². The molecule has 4 heterocycles. The van der Waals surface area contributed by atoms with E-state index in [1.54, 1.807) is 30.2 Å². The first-order chi connectivity index (χ1) is 15.1. The highest BCUT2D eigenvalue weighted by Gasteiger charge is 2.41. The molecule has 1 atom stereocenters. The summed E-state index contributed by atoms with van der Waals surface area (Å²) in [7, 11) is 0. The molecule has 4 rings (SSSR count). The summed E-state index contributed by atoms with van der Waals surface area (Å²) >= 11 is 5.83. The lowest BCUT2D eigenvalue weighted by atomic mass is 10.1. The normalized spacial score (nSPS) is 15.6. The van der Waals surface area contributed by atoms with Crippen molar-refractivity contribution in [3.8, 4) is 11.3 Å². The van der Waals surface area contributed by atoms with Gasteiger partial charge in [0, 0.05) is 36.5 Å². The molecule has 32 heavy (non-hydrogen) atoms. The van der Waals surface area contributed by atoms with Crippen molar-refractivity contribution in [2.45, 2.75) is 38.8 Å². The van der Waals surface area contributed by atoms with Crippen molar-refractivity contribution >= 4 is 17.3 Å². The summed E-state index contributed by atoms with van der Waals surface area (Å²) in [4.78, 5) is 18.4. The fourth-order valence-corrected chi connectivity index (χ4v) is 3.40. The number of halogens is 4. The average Bonchev–Trinajstić information content (AvgIpc) is 3.06. The van der Waals surface area contributed by atoms with Gasteiger partial charge in [-0.15, -0.1) is 0 Å². The third-order valence-corrected chi connectivity index (χ3v) is 5.44. The van der Waals surface area contributed by atoms with Gasteiger partial charge in [0.1, 0.15) is 16.6 Å². The van der Waals surface area contributed by atoms with Crippen LogP contribution in [0.15, 0.2) is 39.9 Å². The first kappa shape index (κ1) is 22.3. The molecule has 3 aromatic rings. The number of pyridine rings is 1. The van der Waals surface area contributed by atoms with Gasteiger partial charge in [0.25, 0.3) is 5.56 Å². The lowest BCUT2D eigenvalue weighted by Crippen LogP contribution is -2.55. The molecular weight excluding hydrogens is 451 g/mol. The molecule has 0 N–H and O–H groups in total. The average molecular weight is 470 g/mol. The molecule has 0 aliphatic carbocycles. The molecule has 0 unspecified atom stereocenters. The summed E-state index contributed by atoms with van der Waals surface area (Å²) < 4.78 is 49.4. The molecule has 1 aliphatic rings. The summed E-state index contributed by atoms with van der Waals surface area (Å²) in [5, 5.41) is 8.61. The van der Waals surface area contributed by atoms with Crippen LogP contribution in [0, 0.1) is 6.92 Å². The fraction of sp³-hybridized carbons (Fsp3) is 0.400. The zero-order valence-corrected chi connectivity index (χ0v) is 17.9. The second-order valence-corrected chi connectivity index (χ2v) is 7.88. The maximum Gasteiger partial charge on any atom is 0.414 e. The summed E-state index contributed by atoms with van der Waals surface area (Å²) in [5.41, 5.74) is 2.05. The van der Waals surface area contributed by atoms with Crippen LogP contribution in [0.5, 0.6) is 0 Å². The largest absolute Gasteiger partial charge is 0.414 e. The van der Waals surface area contributed by atoms with Crippen LogP contribution in [0.25, 0.3) is 11.3 Å².